The van der Waals surface area contributed by atoms with Gasteiger partial charge in [-0.2, -0.15) is 0 Å². The van der Waals surface area contributed by atoms with Gasteiger partial charge < -0.3 is 27.0 Å². The van der Waals surface area contributed by atoms with Crippen molar-refractivity contribution in [3.8, 4) is 0 Å². The van der Waals surface area contributed by atoms with Crippen molar-refractivity contribution in [2.24, 2.45) is 0 Å². The van der Waals surface area contributed by atoms with E-state index in [1.165, 1.54) is 0 Å². The summed E-state index contributed by atoms with van der Waals surface area (Å²) in [5, 5.41) is 0. The minimum atomic E-state index is -0.363. The summed E-state index contributed by atoms with van der Waals surface area (Å²) in [6, 6.07) is 0. The third kappa shape index (κ3) is 33.2. The predicted octanol–water partition coefficient (Wildman–Crippen LogP) is 0.751. The van der Waals surface area contributed by atoms with Gasteiger partial charge in [-0.05, 0) is 0 Å². The quantitative estimate of drug-likeness (QED) is 0.366. The molecule has 0 unspecified atom stereocenters. The van der Waals surface area contributed by atoms with Crippen molar-refractivity contribution in [1.82, 2.24) is 0 Å². The Labute approximate surface area is 77.1 Å². The van der Waals surface area contributed by atoms with Crippen LogP contribution < -0.4 is 0 Å². The molecule has 0 aromatic carbocycles. The van der Waals surface area contributed by atoms with Gasteiger partial charge in [0.15, 0.2) is 0 Å². The molecule has 0 atom stereocenters. The van der Waals surface area contributed by atoms with E-state index < -0.39 is 0 Å². The third-order valence-electron chi connectivity index (χ3n) is 0. The van der Waals surface area contributed by atoms with Crippen molar-refractivity contribution in [3.63, 3.8) is 0 Å². The summed E-state index contributed by atoms with van der Waals surface area (Å²) in [5.41, 5.74) is 0. The van der Waals surface area contributed by atoms with Crippen LogP contribution in [0.4, 0.5) is 0 Å². The molecule has 0 fully saturated rings. The molecule has 0 spiro atoms. The average Bonchev–Trinajstić information content (AvgIpc) is 0.918. The van der Waals surface area contributed by atoms with Gasteiger partial charge in [-0.3, -0.25) is 0 Å². The van der Waals surface area contributed by atoms with Crippen LogP contribution in [0.2, 0.25) is 0 Å². The van der Waals surface area contributed by atoms with Crippen LogP contribution in [0.15, 0.2) is 0 Å². The van der Waals surface area contributed by atoms with E-state index in [0.717, 1.165) is 0 Å². The van der Waals surface area contributed by atoms with E-state index in [9.17, 15) is 0 Å². The van der Waals surface area contributed by atoms with Crippen molar-refractivity contribution in [3.05, 3.63) is 0 Å². The fourth-order valence-electron chi connectivity index (χ4n) is 0. The van der Waals surface area contributed by atoms with E-state index in [1.54, 1.807) is 0 Å². The van der Waals surface area contributed by atoms with Crippen LogP contribution in [-0.4, -0.2) is 0 Å². The second-order valence-corrected chi connectivity index (χ2v) is 3.62. The zero-order valence-corrected chi connectivity index (χ0v) is 8.85. The van der Waals surface area contributed by atoms with Crippen LogP contribution in [0.1, 0.15) is 0 Å². The maximum absolute atomic E-state index is 4.34. The molecule has 0 bridgehead atoms. The van der Waals surface area contributed by atoms with Crippen LogP contribution in [-0.2, 0) is 58.4 Å². The standard InChI is InChI=1S/Mo.Ni.2H2S.2S/h;;2*1H2;;/q;+2;;;;/p-2. The Hall–Kier alpha value is 2.32. The van der Waals surface area contributed by atoms with Gasteiger partial charge in [0, 0.05) is 0 Å². The van der Waals surface area contributed by atoms with Crippen molar-refractivity contribution in [1.29, 1.82) is 0 Å². The molecule has 0 amide bonds. The molecule has 0 rings (SSSR count). The first-order valence-electron chi connectivity index (χ1n) is 0.333. The molecular weight excluding hydrogens is 283 g/mol. The van der Waals surface area contributed by atoms with Crippen LogP contribution in [0.3, 0.4) is 0 Å². The third-order valence-corrected chi connectivity index (χ3v) is 0. The summed E-state index contributed by atoms with van der Waals surface area (Å²) in [6.45, 7) is 0. The summed E-state index contributed by atoms with van der Waals surface area (Å²) < 4.78 is 0. The van der Waals surface area contributed by atoms with E-state index >= 15 is 0 Å². The van der Waals surface area contributed by atoms with Gasteiger partial charge in [0.05, 0.1) is 0 Å². The van der Waals surface area contributed by atoms with Crippen molar-refractivity contribution < 1.29 is 31.4 Å². The normalized spacial score (nSPS) is 2.00. The molecule has 0 heterocycles. The number of rotatable bonds is 0. The Balaban J connectivity index is -0.00000000667. The van der Waals surface area contributed by atoms with Crippen LogP contribution >= 0.6 is 19.6 Å². The van der Waals surface area contributed by atoms with Crippen molar-refractivity contribution >= 4 is 46.6 Å². The van der Waals surface area contributed by atoms with E-state index in [4.69, 9.17) is 0 Å². The number of hydrogen-bond acceptors (Lipinski definition) is 4. The molecule has 6 heteroatoms. The Morgan fingerprint density at radius 3 is 1.00 bits per heavy atom. The Bertz CT molecular complexity index is 28.5. The zero-order chi connectivity index (χ0) is 2.71. The molecule has 0 aromatic rings. The van der Waals surface area contributed by atoms with Gasteiger partial charge >= 0.3 is 51.1 Å². The Kier molecular flexibility index (Phi) is 106. The average molecular weight is 285 g/mol. The summed E-state index contributed by atoms with van der Waals surface area (Å²) in [5.74, 6) is 0. The summed E-state index contributed by atoms with van der Waals surface area (Å²) in [4.78, 5) is 0. The monoisotopic (exact) mass is 286 g/mol. The van der Waals surface area contributed by atoms with E-state index in [1.807, 2.05) is 0 Å². The molecule has 0 nitrogen and oxygen atoms in total. The van der Waals surface area contributed by atoms with Crippen LogP contribution in [0, 0.1) is 0 Å². The fraction of sp³-hybridized carbons (Fsp3) is 0. The zero-order valence-electron chi connectivity index (χ0n) is 2.44. The maximum atomic E-state index is 4.34. The Morgan fingerprint density at radius 1 is 1.00 bits per heavy atom. The van der Waals surface area contributed by atoms with Gasteiger partial charge in [0.25, 0.3) is 0 Å². The van der Waals surface area contributed by atoms with Gasteiger partial charge in [-0.1, -0.05) is 0 Å². The molecule has 0 N–H and O–H groups in total. The molecule has 0 radical (unpaired) electrons. The van der Waals surface area contributed by atoms with E-state index in [2.05, 4.69) is 19.6 Å². The topological polar surface area (TPSA) is 0 Å². The predicted molar refractivity (Wildman–Crippen MR) is 32.7 cm³/mol. The summed E-state index contributed by atoms with van der Waals surface area (Å²) in [7, 11) is 8.68. The SMILES string of the molecule is [Ni+2].[SH-].[SH-].[S]=[Mo]=[S]. The van der Waals surface area contributed by atoms with E-state index in [-0.39, 0.29) is 58.4 Å². The van der Waals surface area contributed by atoms with E-state index in [0.29, 0.717) is 0 Å². The number of thiol groups is 2. The first kappa shape index (κ1) is 23.9. The molecule has 0 saturated heterocycles. The van der Waals surface area contributed by atoms with Gasteiger partial charge in [-0.15, -0.1) is 0 Å². The molecule has 0 aliphatic rings. The van der Waals surface area contributed by atoms with Crippen LogP contribution in [0.5, 0.6) is 0 Å². The van der Waals surface area contributed by atoms with Crippen molar-refractivity contribution in [2.75, 3.05) is 0 Å². The molecule has 42 valence electrons. The summed E-state index contributed by atoms with van der Waals surface area (Å²) >= 11 is -0.363. The summed E-state index contributed by atoms with van der Waals surface area (Å²) in [6.07, 6.45) is 0. The fourth-order valence-corrected chi connectivity index (χ4v) is 0. The molecule has 0 aromatic heterocycles. The number of hydrogen-bond donors (Lipinski definition) is 0. The second kappa shape index (κ2) is 26.5. The first-order valence-corrected chi connectivity index (χ1v) is 5.92. The van der Waals surface area contributed by atoms with Gasteiger partial charge in [0.2, 0.25) is 0 Å². The van der Waals surface area contributed by atoms with Crippen LogP contribution in [0.25, 0.3) is 0 Å². The Morgan fingerprint density at radius 2 is 1.00 bits per heavy atom. The second-order valence-electron chi connectivity index (χ2n) is 0.0680. The molecule has 0 aliphatic carbocycles. The molecule has 6 heavy (non-hydrogen) atoms. The molecular formula is H2MoNiS4. The minimum absolute atomic E-state index is 0. The first-order chi connectivity index (χ1) is 1.41. The van der Waals surface area contributed by atoms with Gasteiger partial charge in [-0.25, -0.2) is 0 Å². The van der Waals surface area contributed by atoms with Crippen molar-refractivity contribution in [2.45, 2.75) is 0 Å². The van der Waals surface area contributed by atoms with Gasteiger partial charge in [0.1, 0.15) is 0 Å². The molecule has 0 aliphatic heterocycles. The molecule has 0 saturated carbocycles.